The Morgan fingerprint density at radius 2 is 1.78 bits per heavy atom. The molecule has 0 saturated heterocycles. The van der Waals surface area contributed by atoms with Crippen LogP contribution in [0.15, 0.2) is 105 Å². The molecule has 8 nitrogen and oxygen atoms in total. The summed E-state index contributed by atoms with van der Waals surface area (Å²) in [5.41, 5.74) is 4.80. The van der Waals surface area contributed by atoms with Crippen LogP contribution in [0.5, 0.6) is 0 Å². The molecule has 1 N–H and O–H groups in total. The second-order valence-electron chi connectivity index (χ2n) is 11.3. The summed E-state index contributed by atoms with van der Waals surface area (Å²) in [6, 6.07) is 25.0. The molecule has 0 amide bonds. The van der Waals surface area contributed by atoms with Gasteiger partial charge in [-0.1, -0.05) is 85.8 Å². The standard InChI is InChI=1S/C37H32N2O6S/c1-5-44-36(43)31-32(24-9-7-6-8-10-24)38-37-39(33(31)25-13-11-23(12-14-25)21(2)3)34(40)30(46-37)20-27-16-18-29(45-27)28-17-15-26(35(41)42)19-22(28)4/h6-21,33H,5H2,1-4H3,(H,41,42)/b30-20-/t33-/m0/s1. The molecule has 46 heavy (non-hydrogen) atoms. The molecule has 6 rings (SSSR count). The van der Waals surface area contributed by atoms with Crippen molar-refractivity contribution in [3.63, 3.8) is 0 Å². The normalized spacial score (nSPS) is 14.7. The summed E-state index contributed by atoms with van der Waals surface area (Å²) in [6.45, 7) is 7.97. The molecule has 1 atom stereocenters. The monoisotopic (exact) mass is 632 g/mol. The van der Waals surface area contributed by atoms with Gasteiger partial charge in [-0.2, -0.15) is 0 Å². The largest absolute Gasteiger partial charge is 0.478 e. The van der Waals surface area contributed by atoms with Crippen LogP contribution < -0.4 is 14.9 Å². The number of ether oxygens (including phenoxy) is 1. The zero-order chi connectivity index (χ0) is 32.5. The van der Waals surface area contributed by atoms with Crippen LogP contribution in [0.25, 0.3) is 23.1 Å². The van der Waals surface area contributed by atoms with E-state index >= 15 is 0 Å². The number of carbonyl (C=O) groups excluding carboxylic acids is 1. The van der Waals surface area contributed by atoms with Crippen LogP contribution in [0.1, 0.15) is 71.1 Å². The molecule has 1 aliphatic rings. The Kier molecular flexibility index (Phi) is 8.42. The predicted octanol–water partition coefficient (Wildman–Crippen LogP) is 6.33. The molecule has 0 unspecified atom stereocenters. The number of aromatic nitrogens is 1. The Bertz CT molecular complexity index is 2170. The Labute approximate surface area is 269 Å². The Morgan fingerprint density at radius 3 is 2.43 bits per heavy atom. The number of carboxylic acids is 1. The number of aromatic carboxylic acids is 1. The molecule has 0 aliphatic carbocycles. The van der Waals surface area contributed by atoms with Crippen LogP contribution in [0.4, 0.5) is 0 Å². The zero-order valence-corrected chi connectivity index (χ0v) is 26.6. The number of benzene rings is 3. The molecule has 3 aromatic carbocycles. The van der Waals surface area contributed by atoms with E-state index < -0.39 is 18.0 Å². The second kappa shape index (κ2) is 12.6. The van der Waals surface area contributed by atoms with Crippen molar-refractivity contribution in [2.24, 2.45) is 4.99 Å². The topological polar surface area (TPSA) is 111 Å². The number of rotatable bonds is 8. The summed E-state index contributed by atoms with van der Waals surface area (Å²) in [5, 5.41) is 9.32. The molecule has 3 heterocycles. The first kappa shape index (κ1) is 30.7. The summed E-state index contributed by atoms with van der Waals surface area (Å²) in [5.74, 6) is -0.216. The van der Waals surface area contributed by atoms with Crippen molar-refractivity contribution in [1.82, 2.24) is 4.57 Å². The number of furan rings is 1. The summed E-state index contributed by atoms with van der Waals surface area (Å²) in [4.78, 5) is 44.6. The quantitative estimate of drug-likeness (QED) is 0.200. The first-order valence-electron chi connectivity index (χ1n) is 15.0. The smallest absolute Gasteiger partial charge is 0.338 e. The molecule has 0 fully saturated rings. The van der Waals surface area contributed by atoms with E-state index in [-0.39, 0.29) is 17.7 Å². The van der Waals surface area contributed by atoms with Crippen molar-refractivity contribution in [2.75, 3.05) is 6.61 Å². The number of thiazole rings is 1. The van der Waals surface area contributed by atoms with Crippen LogP contribution in [-0.4, -0.2) is 28.2 Å². The van der Waals surface area contributed by atoms with Crippen molar-refractivity contribution in [3.05, 3.63) is 144 Å². The van der Waals surface area contributed by atoms with Gasteiger partial charge in [0.1, 0.15) is 11.5 Å². The van der Waals surface area contributed by atoms with Crippen LogP contribution in [0.3, 0.4) is 0 Å². The van der Waals surface area contributed by atoms with Crippen molar-refractivity contribution in [2.45, 2.75) is 39.7 Å². The van der Waals surface area contributed by atoms with Gasteiger partial charge in [0.2, 0.25) is 0 Å². The number of aryl methyl sites for hydroxylation is 1. The number of carboxylic acid groups (broad SMARTS) is 1. The van der Waals surface area contributed by atoms with E-state index in [9.17, 15) is 19.5 Å². The summed E-state index contributed by atoms with van der Waals surface area (Å²) >= 11 is 1.22. The lowest BCUT2D eigenvalue weighted by molar-refractivity contribution is -0.138. The van der Waals surface area contributed by atoms with E-state index in [0.717, 1.165) is 27.8 Å². The van der Waals surface area contributed by atoms with Gasteiger partial charge in [-0.3, -0.25) is 9.36 Å². The molecule has 9 heteroatoms. The second-order valence-corrected chi connectivity index (χ2v) is 12.3. The highest BCUT2D eigenvalue weighted by atomic mass is 32.1. The van der Waals surface area contributed by atoms with E-state index in [0.29, 0.717) is 38.0 Å². The predicted molar refractivity (Wildman–Crippen MR) is 177 cm³/mol. The molecular weight excluding hydrogens is 600 g/mol. The van der Waals surface area contributed by atoms with Gasteiger partial charge in [-0.15, -0.1) is 0 Å². The SMILES string of the molecule is CCOC(=O)C1=C(c2ccccc2)N=c2s/c(=C\c3ccc(-c4ccc(C(=O)O)cc4C)o3)c(=O)n2[C@H]1c1ccc(C(C)C)cc1. The minimum Gasteiger partial charge on any atom is -0.478 e. The van der Waals surface area contributed by atoms with E-state index in [4.69, 9.17) is 14.1 Å². The highest BCUT2D eigenvalue weighted by Crippen LogP contribution is 2.35. The molecule has 2 aromatic heterocycles. The zero-order valence-electron chi connectivity index (χ0n) is 25.8. The molecule has 232 valence electrons. The van der Waals surface area contributed by atoms with Gasteiger partial charge in [0.05, 0.1) is 34.0 Å². The third-order valence-corrected chi connectivity index (χ3v) is 8.91. The highest BCUT2D eigenvalue weighted by molar-refractivity contribution is 7.07. The number of nitrogens with zero attached hydrogens (tertiary/aromatic N) is 2. The highest BCUT2D eigenvalue weighted by Gasteiger charge is 2.35. The number of hydrogen-bond acceptors (Lipinski definition) is 7. The molecular formula is C37H32N2O6S. The molecule has 0 spiro atoms. The number of hydrogen-bond donors (Lipinski definition) is 1. The van der Waals surface area contributed by atoms with E-state index in [2.05, 4.69) is 13.8 Å². The van der Waals surface area contributed by atoms with Crippen LogP contribution in [0, 0.1) is 6.92 Å². The minimum atomic E-state index is -0.999. The maximum absolute atomic E-state index is 14.2. The maximum Gasteiger partial charge on any atom is 0.338 e. The summed E-state index contributed by atoms with van der Waals surface area (Å²) in [7, 11) is 0. The van der Waals surface area contributed by atoms with Gasteiger partial charge in [0, 0.05) is 17.2 Å². The van der Waals surface area contributed by atoms with Gasteiger partial charge in [-0.05, 0) is 60.7 Å². The lowest BCUT2D eigenvalue weighted by Gasteiger charge is -2.26. The average Bonchev–Trinajstić information content (AvgIpc) is 3.64. The number of esters is 1. The first-order chi connectivity index (χ1) is 22.2. The van der Waals surface area contributed by atoms with E-state index in [1.54, 1.807) is 41.8 Å². The van der Waals surface area contributed by atoms with Crippen LogP contribution in [0.2, 0.25) is 0 Å². The molecule has 0 bridgehead atoms. The fourth-order valence-electron chi connectivity index (χ4n) is 5.60. The van der Waals surface area contributed by atoms with E-state index in [1.807, 2.05) is 61.5 Å². The molecule has 1 aliphatic heterocycles. The van der Waals surface area contributed by atoms with Gasteiger partial charge in [0.15, 0.2) is 4.80 Å². The van der Waals surface area contributed by atoms with E-state index in [1.165, 1.54) is 17.4 Å². The minimum absolute atomic E-state index is 0.174. The summed E-state index contributed by atoms with van der Waals surface area (Å²) < 4.78 is 13.6. The van der Waals surface area contributed by atoms with Gasteiger partial charge in [0.25, 0.3) is 5.56 Å². The molecule has 0 radical (unpaired) electrons. The van der Waals surface area contributed by atoms with Crippen molar-refractivity contribution in [3.8, 4) is 11.3 Å². The van der Waals surface area contributed by atoms with Crippen LogP contribution in [-0.2, 0) is 9.53 Å². The Balaban J connectivity index is 1.53. The fraction of sp³-hybridized carbons (Fsp3) is 0.189. The molecule has 5 aromatic rings. The maximum atomic E-state index is 14.2. The summed E-state index contributed by atoms with van der Waals surface area (Å²) in [6.07, 6.45) is 1.67. The van der Waals surface area contributed by atoms with Crippen molar-refractivity contribution >= 4 is 35.0 Å². The van der Waals surface area contributed by atoms with Crippen molar-refractivity contribution in [1.29, 1.82) is 0 Å². The number of fused-ring (bicyclic) bond motifs is 1. The first-order valence-corrected chi connectivity index (χ1v) is 15.8. The van der Waals surface area contributed by atoms with Gasteiger partial charge in [-0.25, -0.2) is 14.6 Å². The fourth-order valence-corrected chi connectivity index (χ4v) is 6.58. The lowest BCUT2D eigenvalue weighted by Crippen LogP contribution is -2.40. The average molecular weight is 633 g/mol. The third kappa shape index (κ3) is 5.77. The van der Waals surface area contributed by atoms with Gasteiger partial charge < -0.3 is 14.3 Å². The molecule has 0 saturated carbocycles. The third-order valence-electron chi connectivity index (χ3n) is 7.93. The lowest BCUT2D eigenvalue weighted by atomic mass is 9.91. The Hall–Kier alpha value is -5.28. The number of carbonyl (C=O) groups is 2. The van der Waals surface area contributed by atoms with Crippen molar-refractivity contribution < 1.29 is 23.8 Å². The van der Waals surface area contributed by atoms with Crippen LogP contribution >= 0.6 is 11.3 Å². The Morgan fingerprint density at radius 1 is 1.04 bits per heavy atom. The van der Waals surface area contributed by atoms with Gasteiger partial charge >= 0.3 is 11.9 Å².